The third-order valence-corrected chi connectivity index (χ3v) is 4.93. The van der Waals surface area contributed by atoms with Gasteiger partial charge in [-0.15, -0.1) is 11.3 Å². The largest absolute Gasteiger partial charge is 0.361 e. The Labute approximate surface area is 128 Å². The van der Waals surface area contributed by atoms with Crippen LogP contribution in [-0.2, 0) is 5.41 Å². The number of hydrogen-bond acceptors (Lipinski definition) is 2. The first-order valence-corrected chi connectivity index (χ1v) is 7.83. The Kier molecular flexibility index (Phi) is 3.55. The zero-order valence-corrected chi connectivity index (χ0v) is 13.0. The maximum atomic E-state index is 12.3. The van der Waals surface area contributed by atoms with E-state index in [4.69, 9.17) is 0 Å². The minimum absolute atomic E-state index is 0.0252. The molecular formula is C17H18N2OS. The first kappa shape index (κ1) is 13.9. The molecule has 0 aliphatic heterocycles. The van der Waals surface area contributed by atoms with Crippen LogP contribution in [0.3, 0.4) is 0 Å². The summed E-state index contributed by atoms with van der Waals surface area (Å²) in [6.45, 7) is 4.92. The molecule has 0 radical (unpaired) electrons. The third-order valence-electron chi connectivity index (χ3n) is 3.69. The fourth-order valence-electron chi connectivity index (χ4n) is 2.35. The lowest BCUT2D eigenvalue weighted by Crippen LogP contribution is -2.36. The first-order chi connectivity index (χ1) is 10.1. The Hall–Kier alpha value is -2.07. The zero-order valence-electron chi connectivity index (χ0n) is 12.1. The van der Waals surface area contributed by atoms with Gasteiger partial charge in [-0.25, -0.2) is 0 Å². The van der Waals surface area contributed by atoms with Crippen LogP contribution in [0.25, 0.3) is 10.9 Å². The van der Waals surface area contributed by atoms with Gasteiger partial charge in [-0.1, -0.05) is 19.9 Å². The number of carbonyl (C=O) groups excluding carboxylic acids is 1. The van der Waals surface area contributed by atoms with Crippen molar-refractivity contribution in [3.63, 3.8) is 0 Å². The van der Waals surface area contributed by atoms with E-state index in [9.17, 15) is 4.79 Å². The molecule has 0 unspecified atom stereocenters. The van der Waals surface area contributed by atoms with Crippen LogP contribution in [0.5, 0.6) is 0 Å². The maximum Gasteiger partial charge on any atom is 0.251 e. The van der Waals surface area contributed by atoms with E-state index in [-0.39, 0.29) is 11.3 Å². The highest BCUT2D eigenvalue weighted by Crippen LogP contribution is 2.26. The molecule has 2 heterocycles. The van der Waals surface area contributed by atoms with E-state index < -0.39 is 0 Å². The van der Waals surface area contributed by atoms with Crippen molar-refractivity contribution in [3.05, 3.63) is 58.4 Å². The molecule has 1 aromatic carbocycles. The average Bonchev–Trinajstić information content (AvgIpc) is 3.14. The van der Waals surface area contributed by atoms with E-state index in [1.165, 1.54) is 4.88 Å². The number of H-pyrrole nitrogens is 1. The second-order valence-corrected chi connectivity index (χ2v) is 6.77. The van der Waals surface area contributed by atoms with Crippen LogP contribution >= 0.6 is 11.3 Å². The fourth-order valence-corrected chi connectivity index (χ4v) is 3.20. The lowest BCUT2D eigenvalue weighted by Gasteiger charge is -2.23. The molecule has 108 valence electrons. The summed E-state index contributed by atoms with van der Waals surface area (Å²) in [6.07, 6.45) is 1.88. The second-order valence-electron chi connectivity index (χ2n) is 5.82. The van der Waals surface area contributed by atoms with E-state index in [1.54, 1.807) is 11.3 Å². The van der Waals surface area contributed by atoms with Crippen molar-refractivity contribution in [2.24, 2.45) is 0 Å². The van der Waals surface area contributed by atoms with E-state index in [2.05, 4.69) is 35.6 Å². The smallest absolute Gasteiger partial charge is 0.251 e. The van der Waals surface area contributed by atoms with Crippen LogP contribution in [-0.4, -0.2) is 17.4 Å². The van der Waals surface area contributed by atoms with Gasteiger partial charge < -0.3 is 10.3 Å². The molecule has 0 bridgehead atoms. The SMILES string of the molecule is CC(C)(CNC(=O)c1ccc2[nH]ccc2c1)c1cccs1. The normalized spacial score (nSPS) is 11.7. The van der Waals surface area contributed by atoms with Gasteiger partial charge in [0.1, 0.15) is 0 Å². The molecule has 0 spiro atoms. The highest BCUT2D eigenvalue weighted by Gasteiger charge is 2.22. The van der Waals surface area contributed by atoms with Crippen molar-refractivity contribution in [1.82, 2.24) is 10.3 Å². The molecule has 21 heavy (non-hydrogen) atoms. The number of benzene rings is 1. The van der Waals surface area contributed by atoms with Crippen molar-refractivity contribution >= 4 is 28.1 Å². The lowest BCUT2D eigenvalue weighted by atomic mass is 9.91. The van der Waals surface area contributed by atoms with Crippen LogP contribution in [0.4, 0.5) is 0 Å². The molecule has 1 amide bonds. The van der Waals surface area contributed by atoms with Crippen LogP contribution in [0.1, 0.15) is 29.1 Å². The molecule has 3 aromatic rings. The summed E-state index contributed by atoms with van der Waals surface area (Å²) in [4.78, 5) is 16.7. The van der Waals surface area contributed by atoms with Crippen LogP contribution in [0.15, 0.2) is 48.0 Å². The number of nitrogens with one attached hydrogen (secondary N) is 2. The predicted molar refractivity (Wildman–Crippen MR) is 88.0 cm³/mol. The monoisotopic (exact) mass is 298 g/mol. The number of amides is 1. The summed E-state index contributed by atoms with van der Waals surface area (Å²) in [5.74, 6) is -0.0252. The number of rotatable bonds is 4. The molecule has 0 aliphatic carbocycles. The quantitative estimate of drug-likeness (QED) is 0.753. The highest BCUT2D eigenvalue weighted by molar-refractivity contribution is 7.10. The van der Waals surface area contributed by atoms with Gasteiger partial charge in [0, 0.05) is 39.5 Å². The molecule has 0 fully saturated rings. The Morgan fingerprint density at radius 3 is 2.90 bits per heavy atom. The molecule has 0 saturated heterocycles. The van der Waals surface area contributed by atoms with Crippen LogP contribution in [0.2, 0.25) is 0 Å². The maximum absolute atomic E-state index is 12.3. The van der Waals surface area contributed by atoms with E-state index >= 15 is 0 Å². The van der Waals surface area contributed by atoms with E-state index in [0.29, 0.717) is 12.1 Å². The van der Waals surface area contributed by atoms with Gasteiger partial charge in [0.15, 0.2) is 0 Å². The van der Waals surface area contributed by atoms with Gasteiger partial charge in [-0.2, -0.15) is 0 Å². The molecule has 3 nitrogen and oxygen atoms in total. The Bertz CT molecular complexity index is 756. The van der Waals surface area contributed by atoms with Gasteiger partial charge in [-0.05, 0) is 35.7 Å². The van der Waals surface area contributed by atoms with Gasteiger partial charge in [0.05, 0.1) is 0 Å². The molecule has 0 aliphatic rings. The number of aromatic amines is 1. The minimum atomic E-state index is -0.0536. The third kappa shape index (κ3) is 2.85. The number of fused-ring (bicyclic) bond motifs is 1. The first-order valence-electron chi connectivity index (χ1n) is 6.96. The van der Waals surface area contributed by atoms with Crippen molar-refractivity contribution in [2.75, 3.05) is 6.54 Å². The summed E-state index contributed by atoms with van der Waals surface area (Å²) >= 11 is 1.72. The topological polar surface area (TPSA) is 44.9 Å². The van der Waals surface area contributed by atoms with Gasteiger partial charge in [0.25, 0.3) is 5.91 Å². The number of thiophene rings is 1. The Balaban J connectivity index is 1.71. The standard InChI is InChI=1S/C17H18N2OS/c1-17(2,15-4-3-9-21-15)11-19-16(20)13-5-6-14-12(10-13)7-8-18-14/h3-10,18H,11H2,1-2H3,(H,19,20). The Morgan fingerprint density at radius 2 is 2.14 bits per heavy atom. The number of aromatic nitrogens is 1. The summed E-state index contributed by atoms with van der Waals surface area (Å²) in [5.41, 5.74) is 1.69. The number of carbonyl (C=O) groups is 1. The second kappa shape index (κ2) is 5.37. The zero-order chi connectivity index (χ0) is 14.9. The minimum Gasteiger partial charge on any atom is -0.361 e. The lowest BCUT2D eigenvalue weighted by molar-refractivity contribution is 0.0946. The van der Waals surface area contributed by atoms with Crippen LogP contribution < -0.4 is 5.32 Å². The molecule has 2 N–H and O–H groups in total. The van der Waals surface area contributed by atoms with E-state index in [1.807, 2.05) is 36.5 Å². The Morgan fingerprint density at radius 1 is 1.29 bits per heavy atom. The fraction of sp³-hybridized carbons (Fsp3) is 0.235. The van der Waals surface area contributed by atoms with Gasteiger partial charge in [-0.3, -0.25) is 4.79 Å². The molecule has 4 heteroatoms. The molecule has 0 atom stereocenters. The van der Waals surface area contributed by atoms with Crippen LogP contribution in [0, 0.1) is 0 Å². The molecule has 0 saturated carbocycles. The number of hydrogen-bond donors (Lipinski definition) is 2. The van der Waals surface area contributed by atoms with Crippen molar-refractivity contribution in [2.45, 2.75) is 19.3 Å². The molecular weight excluding hydrogens is 280 g/mol. The molecule has 2 aromatic heterocycles. The van der Waals surface area contributed by atoms with Crippen molar-refractivity contribution in [3.8, 4) is 0 Å². The molecule has 3 rings (SSSR count). The van der Waals surface area contributed by atoms with Gasteiger partial charge in [0.2, 0.25) is 0 Å². The summed E-state index contributed by atoms with van der Waals surface area (Å²) in [5, 5.41) is 6.17. The van der Waals surface area contributed by atoms with Gasteiger partial charge >= 0.3 is 0 Å². The summed E-state index contributed by atoms with van der Waals surface area (Å²) in [7, 11) is 0. The summed E-state index contributed by atoms with van der Waals surface area (Å²) in [6, 6.07) is 11.8. The summed E-state index contributed by atoms with van der Waals surface area (Å²) < 4.78 is 0. The van der Waals surface area contributed by atoms with Crippen molar-refractivity contribution < 1.29 is 4.79 Å². The van der Waals surface area contributed by atoms with Crippen molar-refractivity contribution in [1.29, 1.82) is 0 Å². The predicted octanol–water partition coefficient (Wildman–Crippen LogP) is 3.94. The highest BCUT2D eigenvalue weighted by atomic mass is 32.1. The van der Waals surface area contributed by atoms with E-state index in [0.717, 1.165) is 10.9 Å². The average molecular weight is 298 g/mol.